The second-order valence-corrected chi connectivity index (χ2v) is 4.33. The maximum atomic E-state index is 11.8. The maximum absolute atomic E-state index is 11.8. The molecule has 1 aromatic carbocycles. The number of hydrogen-bond donors (Lipinski definition) is 1. The third-order valence-electron chi connectivity index (χ3n) is 3.11. The molecule has 1 aromatic rings. The van der Waals surface area contributed by atoms with Crippen molar-refractivity contribution < 1.29 is 9.90 Å². The Hall–Kier alpha value is -1.79. The lowest BCUT2D eigenvalue weighted by atomic mass is 10.1. The smallest absolute Gasteiger partial charge is 0.225 e. The number of benzene rings is 1. The molecule has 1 unspecified atom stereocenters. The summed E-state index contributed by atoms with van der Waals surface area (Å²) in [6, 6.07) is 9.61. The first-order valence-electron chi connectivity index (χ1n) is 5.66. The van der Waals surface area contributed by atoms with Crippen molar-refractivity contribution in [2.24, 2.45) is 0 Å². The highest BCUT2D eigenvalue weighted by Crippen LogP contribution is 2.31. The summed E-state index contributed by atoms with van der Waals surface area (Å²) in [5, 5.41) is 10.3. The van der Waals surface area contributed by atoms with Gasteiger partial charge in [0.1, 0.15) is 0 Å². The number of rotatable bonds is 3. The van der Waals surface area contributed by atoms with Crippen LogP contribution in [0.1, 0.15) is 24.8 Å². The molecule has 0 aliphatic carbocycles. The van der Waals surface area contributed by atoms with E-state index in [9.17, 15) is 9.90 Å². The summed E-state index contributed by atoms with van der Waals surface area (Å²) in [5.74, 6) is 2.41. The van der Waals surface area contributed by atoms with E-state index in [1.807, 2.05) is 30.3 Å². The van der Waals surface area contributed by atoms with Crippen molar-refractivity contribution >= 4 is 5.91 Å². The van der Waals surface area contributed by atoms with Crippen LogP contribution in [0.25, 0.3) is 0 Å². The standard InChI is InChI=1S/C14H15NO2/c1-2-9-14(17)10-8-13(16)15(14)11-12-6-4-3-5-7-12/h1,3-7,17H,8-11H2. The van der Waals surface area contributed by atoms with E-state index in [1.54, 1.807) is 0 Å². The fraction of sp³-hybridized carbons (Fsp3) is 0.357. The maximum Gasteiger partial charge on any atom is 0.225 e. The summed E-state index contributed by atoms with van der Waals surface area (Å²) in [4.78, 5) is 13.3. The van der Waals surface area contributed by atoms with Crippen LogP contribution in [0.2, 0.25) is 0 Å². The highest BCUT2D eigenvalue weighted by atomic mass is 16.3. The quantitative estimate of drug-likeness (QED) is 0.798. The summed E-state index contributed by atoms with van der Waals surface area (Å²) in [6.45, 7) is 0.415. The summed E-state index contributed by atoms with van der Waals surface area (Å²) in [6.07, 6.45) is 6.22. The molecule has 0 spiro atoms. The van der Waals surface area contributed by atoms with Crippen molar-refractivity contribution in [3.63, 3.8) is 0 Å². The first-order valence-corrected chi connectivity index (χ1v) is 5.66. The summed E-state index contributed by atoms with van der Waals surface area (Å²) in [5.41, 5.74) is -0.167. The monoisotopic (exact) mass is 229 g/mol. The topological polar surface area (TPSA) is 40.5 Å². The minimum atomic E-state index is -1.17. The summed E-state index contributed by atoms with van der Waals surface area (Å²) < 4.78 is 0. The highest BCUT2D eigenvalue weighted by molar-refractivity contribution is 5.79. The van der Waals surface area contributed by atoms with Gasteiger partial charge in [0.05, 0.1) is 6.42 Å². The van der Waals surface area contributed by atoms with Crippen molar-refractivity contribution in [2.45, 2.75) is 31.5 Å². The molecular weight excluding hydrogens is 214 g/mol. The van der Waals surface area contributed by atoms with E-state index in [2.05, 4.69) is 5.92 Å². The predicted octanol–water partition coefficient (Wildman–Crippen LogP) is 1.52. The highest BCUT2D eigenvalue weighted by Gasteiger charge is 2.42. The lowest BCUT2D eigenvalue weighted by Gasteiger charge is -2.32. The Morgan fingerprint density at radius 1 is 1.41 bits per heavy atom. The van der Waals surface area contributed by atoms with E-state index in [4.69, 9.17) is 6.42 Å². The molecule has 0 aromatic heterocycles. The zero-order valence-electron chi connectivity index (χ0n) is 9.60. The number of amides is 1. The molecule has 88 valence electrons. The Bertz CT molecular complexity index is 449. The van der Waals surface area contributed by atoms with Gasteiger partial charge in [-0.25, -0.2) is 0 Å². The van der Waals surface area contributed by atoms with Crippen molar-refractivity contribution in [2.75, 3.05) is 0 Å². The Morgan fingerprint density at radius 2 is 2.12 bits per heavy atom. The van der Waals surface area contributed by atoms with Crippen LogP contribution in [0.15, 0.2) is 30.3 Å². The molecule has 3 heteroatoms. The van der Waals surface area contributed by atoms with Gasteiger partial charge in [-0.3, -0.25) is 4.79 Å². The Labute approximate surface area is 101 Å². The van der Waals surface area contributed by atoms with Gasteiger partial charge in [-0.05, 0) is 5.56 Å². The molecule has 1 aliphatic heterocycles. The molecule has 1 amide bonds. The molecule has 1 heterocycles. The lowest BCUT2D eigenvalue weighted by molar-refractivity contribution is -0.145. The molecule has 1 fully saturated rings. The minimum absolute atomic E-state index is 0.0356. The lowest BCUT2D eigenvalue weighted by Crippen LogP contribution is -2.44. The van der Waals surface area contributed by atoms with E-state index in [0.717, 1.165) is 5.56 Å². The molecule has 1 N–H and O–H groups in total. The summed E-state index contributed by atoms with van der Waals surface area (Å²) >= 11 is 0. The number of likely N-dealkylation sites (tertiary alicyclic amines) is 1. The second kappa shape index (κ2) is 4.60. The molecule has 0 radical (unpaired) electrons. The van der Waals surface area contributed by atoms with Crippen molar-refractivity contribution in [1.82, 2.24) is 4.90 Å². The van der Waals surface area contributed by atoms with Gasteiger partial charge in [-0.2, -0.15) is 0 Å². The van der Waals surface area contributed by atoms with E-state index in [-0.39, 0.29) is 12.3 Å². The first-order chi connectivity index (χ1) is 8.15. The van der Waals surface area contributed by atoms with Crippen LogP contribution in [0.3, 0.4) is 0 Å². The van der Waals surface area contributed by atoms with E-state index in [1.165, 1.54) is 4.90 Å². The molecule has 17 heavy (non-hydrogen) atoms. The van der Waals surface area contributed by atoms with Crippen molar-refractivity contribution in [3.8, 4) is 12.3 Å². The van der Waals surface area contributed by atoms with E-state index in [0.29, 0.717) is 19.4 Å². The van der Waals surface area contributed by atoms with Crippen LogP contribution in [0.4, 0.5) is 0 Å². The number of carbonyl (C=O) groups is 1. The minimum Gasteiger partial charge on any atom is -0.370 e. The molecule has 0 saturated carbocycles. The average Bonchev–Trinajstić information content (AvgIpc) is 2.60. The normalized spacial score (nSPS) is 23.8. The third kappa shape index (κ3) is 2.32. The van der Waals surface area contributed by atoms with Crippen molar-refractivity contribution in [3.05, 3.63) is 35.9 Å². The largest absolute Gasteiger partial charge is 0.370 e. The zero-order chi connectivity index (χ0) is 12.3. The van der Waals surface area contributed by atoms with Crippen molar-refractivity contribution in [1.29, 1.82) is 0 Å². The summed E-state index contributed by atoms with van der Waals surface area (Å²) in [7, 11) is 0. The number of aliphatic hydroxyl groups is 1. The Balaban J connectivity index is 2.18. The predicted molar refractivity (Wildman–Crippen MR) is 64.6 cm³/mol. The van der Waals surface area contributed by atoms with Crippen LogP contribution < -0.4 is 0 Å². The Morgan fingerprint density at radius 3 is 2.76 bits per heavy atom. The molecule has 0 bridgehead atoms. The van der Waals surface area contributed by atoms with Gasteiger partial charge in [0, 0.05) is 19.4 Å². The SMILES string of the molecule is C#CCC1(O)CCC(=O)N1Cc1ccccc1. The van der Waals surface area contributed by atoms with Gasteiger partial charge in [0.25, 0.3) is 0 Å². The van der Waals surface area contributed by atoms with Crippen LogP contribution in [0.5, 0.6) is 0 Å². The Kier molecular flexibility index (Phi) is 3.16. The fourth-order valence-electron chi connectivity index (χ4n) is 2.16. The second-order valence-electron chi connectivity index (χ2n) is 4.33. The van der Waals surface area contributed by atoms with Gasteiger partial charge in [0.15, 0.2) is 5.72 Å². The number of hydrogen-bond acceptors (Lipinski definition) is 2. The number of carbonyl (C=O) groups excluding carboxylic acids is 1. The number of terminal acetylenes is 1. The van der Waals surface area contributed by atoms with Crippen LogP contribution >= 0.6 is 0 Å². The van der Waals surface area contributed by atoms with Gasteiger partial charge in [0.2, 0.25) is 5.91 Å². The fourth-order valence-corrected chi connectivity index (χ4v) is 2.16. The van der Waals surface area contributed by atoms with E-state index < -0.39 is 5.72 Å². The molecule has 1 atom stereocenters. The molecule has 2 rings (SSSR count). The number of nitrogens with zero attached hydrogens (tertiary/aromatic N) is 1. The first kappa shape index (κ1) is 11.7. The van der Waals surface area contributed by atoms with Gasteiger partial charge >= 0.3 is 0 Å². The molecule has 3 nitrogen and oxygen atoms in total. The third-order valence-corrected chi connectivity index (χ3v) is 3.11. The molecule has 1 aliphatic rings. The molecular formula is C14H15NO2. The van der Waals surface area contributed by atoms with Crippen LogP contribution in [-0.2, 0) is 11.3 Å². The van der Waals surface area contributed by atoms with Crippen LogP contribution in [-0.4, -0.2) is 21.6 Å². The van der Waals surface area contributed by atoms with Gasteiger partial charge in [-0.1, -0.05) is 30.3 Å². The van der Waals surface area contributed by atoms with Crippen LogP contribution in [0, 0.1) is 12.3 Å². The van der Waals surface area contributed by atoms with Gasteiger partial charge < -0.3 is 10.0 Å². The van der Waals surface area contributed by atoms with E-state index >= 15 is 0 Å². The molecule has 1 saturated heterocycles. The van der Waals surface area contributed by atoms with Gasteiger partial charge in [-0.15, -0.1) is 12.3 Å². The average molecular weight is 229 g/mol. The zero-order valence-corrected chi connectivity index (χ0v) is 9.60.